The maximum absolute atomic E-state index is 14.2. The van der Waals surface area contributed by atoms with E-state index in [1.165, 1.54) is 12.3 Å². The Morgan fingerprint density at radius 3 is 2.48 bits per heavy atom. The SMILES string of the molecule is COc1ccc(F)c([C@@H](C)N[C@H]2CCC(c3ccc(S(C)(=O)=O)cc3)C2)c1. The number of hydrogen-bond donors (Lipinski definition) is 1. The molecule has 27 heavy (non-hydrogen) atoms. The second kappa shape index (κ2) is 7.98. The van der Waals surface area contributed by atoms with Gasteiger partial charge < -0.3 is 10.1 Å². The van der Waals surface area contributed by atoms with Crippen molar-refractivity contribution in [1.82, 2.24) is 5.32 Å². The van der Waals surface area contributed by atoms with Crippen LogP contribution in [0.2, 0.25) is 0 Å². The number of halogens is 1. The predicted molar refractivity (Wildman–Crippen MR) is 104 cm³/mol. The van der Waals surface area contributed by atoms with Gasteiger partial charge in [-0.2, -0.15) is 0 Å². The fraction of sp³-hybridized carbons (Fsp3) is 0.429. The van der Waals surface area contributed by atoms with Gasteiger partial charge in [-0.1, -0.05) is 12.1 Å². The zero-order chi connectivity index (χ0) is 19.6. The molecule has 0 bridgehead atoms. The van der Waals surface area contributed by atoms with Crippen LogP contribution >= 0.6 is 0 Å². The Balaban J connectivity index is 1.64. The average molecular weight is 392 g/mol. The molecule has 0 amide bonds. The van der Waals surface area contributed by atoms with Crippen LogP contribution in [0.15, 0.2) is 47.4 Å². The van der Waals surface area contributed by atoms with Crippen LogP contribution < -0.4 is 10.1 Å². The first-order valence-corrected chi connectivity index (χ1v) is 11.1. The summed E-state index contributed by atoms with van der Waals surface area (Å²) in [4.78, 5) is 0.348. The van der Waals surface area contributed by atoms with E-state index >= 15 is 0 Å². The topological polar surface area (TPSA) is 55.4 Å². The third-order valence-corrected chi connectivity index (χ3v) is 6.50. The normalized spacial score (nSPS) is 21.2. The zero-order valence-electron chi connectivity index (χ0n) is 15.9. The highest BCUT2D eigenvalue weighted by Crippen LogP contribution is 2.36. The summed E-state index contributed by atoms with van der Waals surface area (Å²) in [5, 5.41) is 3.53. The van der Waals surface area contributed by atoms with Crippen molar-refractivity contribution in [3.63, 3.8) is 0 Å². The van der Waals surface area contributed by atoms with Crippen LogP contribution in [0.25, 0.3) is 0 Å². The Morgan fingerprint density at radius 1 is 1.15 bits per heavy atom. The van der Waals surface area contributed by atoms with E-state index in [4.69, 9.17) is 4.74 Å². The van der Waals surface area contributed by atoms with Gasteiger partial charge in [0.2, 0.25) is 0 Å². The van der Waals surface area contributed by atoms with Crippen LogP contribution in [0.3, 0.4) is 0 Å². The van der Waals surface area contributed by atoms with Crippen LogP contribution in [0.1, 0.15) is 49.3 Å². The summed E-state index contributed by atoms with van der Waals surface area (Å²) >= 11 is 0. The third-order valence-electron chi connectivity index (χ3n) is 5.37. The molecule has 3 atom stereocenters. The fourth-order valence-corrected chi connectivity index (χ4v) is 4.48. The lowest BCUT2D eigenvalue weighted by molar-refractivity contribution is 0.407. The van der Waals surface area contributed by atoms with Crippen LogP contribution in [0.4, 0.5) is 4.39 Å². The summed E-state index contributed by atoms with van der Waals surface area (Å²) < 4.78 is 42.6. The summed E-state index contributed by atoms with van der Waals surface area (Å²) in [6.45, 7) is 1.96. The quantitative estimate of drug-likeness (QED) is 0.801. The van der Waals surface area contributed by atoms with Gasteiger partial charge >= 0.3 is 0 Å². The van der Waals surface area contributed by atoms with Crippen molar-refractivity contribution in [1.29, 1.82) is 0 Å². The van der Waals surface area contributed by atoms with Crippen molar-refractivity contribution in [2.24, 2.45) is 0 Å². The highest BCUT2D eigenvalue weighted by Gasteiger charge is 2.27. The number of nitrogens with one attached hydrogen (secondary N) is 1. The number of sulfone groups is 1. The van der Waals surface area contributed by atoms with Crippen molar-refractivity contribution in [3.05, 3.63) is 59.4 Å². The Bertz CT molecular complexity index is 896. The minimum atomic E-state index is -3.17. The van der Waals surface area contributed by atoms with E-state index in [9.17, 15) is 12.8 Å². The Kier molecular flexibility index (Phi) is 5.86. The Hall–Kier alpha value is -1.92. The predicted octanol–water partition coefficient (Wildman–Crippen LogP) is 4.22. The lowest BCUT2D eigenvalue weighted by atomic mass is 9.97. The molecule has 0 aliphatic heterocycles. The summed E-state index contributed by atoms with van der Waals surface area (Å²) in [5.74, 6) is 0.801. The van der Waals surface area contributed by atoms with E-state index in [0.29, 0.717) is 28.2 Å². The molecule has 1 saturated carbocycles. The van der Waals surface area contributed by atoms with Crippen LogP contribution in [-0.4, -0.2) is 27.8 Å². The monoisotopic (exact) mass is 391 g/mol. The molecule has 1 aliphatic rings. The van der Waals surface area contributed by atoms with Gasteiger partial charge in [0.25, 0.3) is 0 Å². The number of benzene rings is 2. The molecule has 146 valence electrons. The van der Waals surface area contributed by atoms with Gasteiger partial charge in [0.05, 0.1) is 12.0 Å². The number of methoxy groups -OCH3 is 1. The van der Waals surface area contributed by atoms with Crippen LogP contribution in [0.5, 0.6) is 5.75 Å². The van der Waals surface area contributed by atoms with Crippen molar-refractivity contribution in [2.45, 2.75) is 49.1 Å². The van der Waals surface area contributed by atoms with Crippen LogP contribution in [-0.2, 0) is 9.84 Å². The van der Waals surface area contributed by atoms with Gasteiger partial charge in [-0.05, 0) is 68.0 Å². The van der Waals surface area contributed by atoms with E-state index in [0.717, 1.165) is 24.8 Å². The Labute approximate surface area is 160 Å². The summed E-state index contributed by atoms with van der Waals surface area (Å²) in [6, 6.07) is 12.2. The molecule has 2 aromatic carbocycles. The van der Waals surface area contributed by atoms with Gasteiger partial charge in [0.1, 0.15) is 11.6 Å². The van der Waals surface area contributed by atoms with Gasteiger partial charge in [-0.25, -0.2) is 12.8 Å². The molecular formula is C21H26FNO3S. The fourth-order valence-electron chi connectivity index (χ4n) is 3.85. The molecule has 6 heteroatoms. The van der Waals surface area contributed by atoms with Gasteiger partial charge in [-0.15, -0.1) is 0 Å². The minimum Gasteiger partial charge on any atom is -0.497 e. The Morgan fingerprint density at radius 2 is 1.85 bits per heavy atom. The van der Waals surface area contributed by atoms with Crippen molar-refractivity contribution < 1.29 is 17.5 Å². The highest BCUT2D eigenvalue weighted by molar-refractivity contribution is 7.90. The first-order valence-electron chi connectivity index (χ1n) is 9.17. The number of rotatable bonds is 6. The molecule has 0 radical (unpaired) electrons. The van der Waals surface area contributed by atoms with Crippen LogP contribution in [0, 0.1) is 5.82 Å². The van der Waals surface area contributed by atoms with Crippen molar-refractivity contribution in [3.8, 4) is 5.75 Å². The lowest BCUT2D eigenvalue weighted by Gasteiger charge is -2.21. The van der Waals surface area contributed by atoms with Crippen molar-refractivity contribution in [2.75, 3.05) is 13.4 Å². The molecular weight excluding hydrogens is 365 g/mol. The maximum atomic E-state index is 14.2. The van der Waals surface area contributed by atoms with Gasteiger partial charge in [-0.3, -0.25) is 0 Å². The maximum Gasteiger partial charge on any atom is 0.175 e. The van der Waals surface area contributed by atoms with Crippen molar-refractivity contribution >= 4 is 9.84 Å². The molecule has 1 aliphatic carbocycles. The smallest absolute Gasteiger partial charge is 0.175 e. The number of ether oxygens (including phenoxy) is 1. The second-order valence-electron chi connectivity index (χ2n) is 7.32. The standard InChI is InChI=1S/C21H26FNO3S/c1-14(20-13-18(26-2)8-11-21(20)22)23-17-7-4-16(12-17)15-5-9-19(10-6-15)27(3,24)25/h5-6,8-11,13-14,16-17,23H,4,7,12H2,1-3H3/t14-,16?,17+/m1/s1. The highest BCUT2D eigenvalue weighted by atomic mass is 32.2. The summed E-state index contributed by atoms with van der Waals surface area (Å²) in [6.07, 6.45) is 4.21. The zero-order valence-corrected chi connectivity index (χ0v) is 16.7. The molecule has 2 aromatic rings. The lowest BCUT2D eigenvalue weighted by Crippen LogP contribution is -2.29. The third kappa shape index (κ3) is 4.68. The molecule has 1 unspecified atom stereocenters. The molecule has 0 aromatic heterocycles. The molecule has 3 rings (SSSR count). The summed E-state index contributed by atoms with van der Waals surface area (Å²) in [5.41, 5.74) is 1.77. The molecule has 0 spiro atoms. The van der Waals surface area contributed by atoms with E-state index in [-0.39, 0.29) is 11.9 Å². The van der Waals surface area contributed by atoms with E-state index in [1.807, 2.05) is 19.1 Å². The van der Waals surface area contributed by atoms with Gasteiger partial charge in [0.15, 0.2) is 9.84 Å². The number of hydrogen-bond acceptors (Lipinski definition) is 4. The van der Waals surface area contributed by atoms with E-state index in [1.54, 1.807) is 31.4 Å². The first-order chi connectivity index (χ1) is 12.8. The minimum absolute atomic E-state index is 0.114. The first kappa shape index (κ1) is 19.8. The molecule has 4 nitrogen and oxygen atoms in total. The van der Waals surface area contributed by atoms with E-state index in [2.05, 4.69) is 5.32 Å². The molecule has 0 saturated heterocycles. The average Bonchev–Trinajstić information content (AvgIpc) is 3.10. The van der Waals surface area contributed by atoms with E-state index < -0.39 is 9.84 Å². The summed E-state index contributed by atoms with van der Waals surface area (Å²) in [7, 11) is -1.59. The molecule has 1 fully saturated rings. The second-order valence-corrected chi connectivity index (χ2v) is 9.34. The molecule has 1 N–H and O–H groups in total. The van der Waals surface area contributed by atoms with Gasteiger partial charge in [0, 0.05) is 23.9 Å². The largest absolute Gasteiger partial charge is 0.497 e. The molecule has 0 heterocycles.